The first-order chi connectivity index (χ1) is 16.3. The van der Waals surface area contributed by atoms with Gasteiger partial charge in [-0.15, -0.1) is 0 Å². The fourth-order valence-electron chi connectivity index (χ4n) is 4.42. The number of nitrogens with one attached hydrogen (secondary N) is 1. The minimum absolute atomic E-state index is 0.0740. The smallest absolute Gasteiger partial charge is 0.387 e. The molecule has 0 radical (unpaired) electrons. The molecule has 0 saturated carbocycles. The number of amides is 1. The lowest BCUT2D eigenvalue weighted by atomic mass is 10.0. The van der Waals surface area contributed by atoms with Crippen molar-refractivity contribution < 1.29 is 31.1 Å². The highest BCUT2D eigenvalue weighted by molar-refractivity contribution is 7.91. The van der Waals surface area contributed by atoms with Gasteiger partial charge in [-0.25, -0.2) is 17.6 Å². The van der Waals surface area contributed by atoms with Gasteiger partial charge in [0.1, 0.15) is 11.3 Å². The number of halogens is 3. The maximum atomic E-state index is 15.8. The predicted molar refractivity (Wildman–Crippen MR) is 124 cm³/mol. The molecule has 2 heterocycles. The summed E-state index contributed by atoms with van der Waals surface area (Å²) >= 11 is 0. The summed E-state index contributed by atoms with van der Waals surface area (Å²) in [6.07, 6.45) is 0.203. The van der Waals surface area contributed by atoms with Crippen molar-refractivity contribution in [1.82, 2.24) is 14.5 Å². The van der Waals surface area contributed by atoms with Gasteiger partial charge in [0.25, 0.3) is 5.91 Å². The summed E-state index contributed by atoms with van der Waals surface area (Å²) in [6.45, 7) is 1.85. The average molecular weight is 512 g/mol. The molecule has 8 nitrogen and oxygen atoms in total. The number of carbonyl (C=O) groups is 1. The number of rotatable bonds is 6. The lowest BCUT2D eigenvalue weighted by Crippen LogP contribution is -2.47. The van der Waals surface area contributed by atoms with Crippen molar-refractivity contribution in [3.8, 4) is 11.4 Å². The van der Waals surface area contributed by atoms with Gasteiger partial charge in [-0.2, -0.15) is 8.78 Å². The van der Waals surface area contributed by atoms with Crippen LogP contribution < -0.4 is 15.7 Å². The molecule has 35 heavy (non-hydrogen) atoms. The largest absolute Gasteiger partial charge is 0.435 e. The zero-order valence-electron chi connectivity index (χ0n) is 19.2. The third-order valence-corrected chi connectivity index (χ3v) is 7.86. The van der Waals surface area contributed by atoms with Crippen molar-refractivity contribution in [3.05, 3.63) is 58.3 Å². The third-order valence-electron chi connectivity index (χ3n) is 5.95. The second-order valence-electron chi connectivity index (χ2n) is 9.11. The van der Waals surface area contributed by atoms with Crippen molar-refractivity contribution in [2.45, 2.75) is 45.4 Å². The Morgan fingerprint density at radius 2 is 1.91 bits per heavy atom. The zero-order valence-corrected chi connectivity index (χ0v) is 20.0. The summed E-state index contributed by atoms with van der Waals surface area (Å²) in [5, 5.41) is 2.62. The Morgan fingerprint density at radius 3 is 2.51 bits per heavy atom. The van der Waals surface area contributed by atoms with E-state index in [1.807, 2.05) is 0 Å². The molecule has 1 amide bonds. The van der Waals surface area contributed by atoms with Gasteiger partial charge >= 0.3 is 12.3 Å². The SMILES string of the molecule is CC(C)n1c(=O)n(-c2cccc(OC(F)F)c2)c2ccc(C(=O)N[C@]3(C)CCS(=O)(=O)C3)c(F)c21. The van der Waals surface area contributed by atoms with Gasteiger partial charge in [0.15, 0.2) is 15.7 Å². The number of aromatic nitrogens is 2. The maximum Gasteiger partial charge on any atom is 0.387 e. The molecule has 4 rings (SSSR count). The molecule has 1 aliphatic heterocycles. The highest BCUT2D eigenvalue weighted by atomic mass is 32.2. The number of benzene rings is 2. The Bertz CT molecular complexity index is 1480. The van der Waals surface area contributed by atoms with E-state index < -0.39 is 45.4 Å². The van der Waals surface area contributed by atoms with Crippen molar-refractivity contribution >= 4 is 26.8 Å². The zero-order chi connectivity index (χ0) is 25.7. The van der Waals surface area contributed by atoms with Crippen LogP contribution in [0.15, 0.2) is 41.2 Å². The van der Waals surface area contributed by atoms with Gasteiger partial charge in [-0.1, -0.05) is 6.07 Å². The summed E-state index contributed by atoms with van der Waals surface area (Å²) in [6, 6.07) is 7.54. The summed E-state index contributed by atoms with van der Waals surface area (Å²) in [7, 11) is -3.30. The van der Waals surface area contributed by atoms with E-state index in [-0.39, 0.29) is 46.0 Å². The molecule has 188 valence electrons. The van der Waals surface area contributed by atoms with Crippen molar-refractivity contribution in [1.29, 1.82) is 0 Å². The number of nitrogens with zero attached hydrogens (tertiary/aromatic N) is 2. The van der Waals surface area contributed by atoms with Crippen LogP contribution in [-0.2, 0) is 9.84 Å². The summed E-state index contributed by atoms with van der Waals surface area (Å²) in [5.74, 6) is -2.25. The van der Waals surface area contributed by atoms with E-state index in [0.717, 1.165) is 4.57 Å². The number of imidazole rings is 1. The van der Waals surface area contributed by atoms with E-state index in [4.69, 9.17) is 0 Å². The topological polar surface area (TPSA) is 99.4 Å². The van der Waals surface area contributed by atoms with E-state index in [0.29, 0.717) is 0 Å². The van der Waals surface area contributed by atoms with Crippen LogP contribution in [0.3, 0.4) is 0 Å². The third kappa shape index (κ3) is 4.66. The van der Waals surface area contributed by atoms with Gasteiger partial charge in [-0.05, 0) is 51.5 Å². The van der Waals surface area contributed by atoms with E-state index in [9.17, 15) is 26.8 Å². The Labute approximate surface area is 199 Å². The molecular weight excluding hydrogens is 487 g/mol. The van der Waals surface area contributed by atoms with Crippen molar-refractivity contribution in [3.63, 3.8) is 0 Å². The molecule has 1 N–H and O–H groups in total. The summed E-state index contributed by atoms with van der Waals surface area (Å²) < 4.78 is 71.6. The minimum Gasteiger partial charge on any atom is -0.435 e. The van der Waals surface area contributed by atoms with E-state index >= 15 is 4.39 Å². The Hall–Kier alpha value is -3.28. The number of fused-ring (bicyclic) bond motifs is 1. The number of hydrogen-bond donors (Lipinski definition) is 1. The quantitative estimate of drug-likeness (QED) is 0.547. The van der Waals surface area contributed by atoms with E-state index in [1.54, 1.807) is 20.8 Å². The second-order valence-corrected chi connectivity index (χ2v) is 11.3. The number of hydrogen-bond acceptors (Lipinski definition) is 5. The van der Waals surface area contributed by atoms with Gasteiger partial charge in [0.05, 0.1) is 33.8 Å². The monoisotopic (exact) mass is 511 g/mol. The number of carbonyl (C=O) groups excluding carboxylic acids is 1. The van der Waals surface area contributed by atoms with Crippen LogP contribution in [0.4, 0.5) is 13.2 Å². The highest BCUT2D eigenvalue weighted by Crippen LogP contribution is 2.29. The molecule has 3 aromatic rings. The first kappa shape index (κ1) is 24.8. The fraction of sp³-hybridized carbons (Fsp3) is 0.391. The molecule has 2 aromatic carbocycles. The fourth-order valence-corrected chi connectivity index (χ4v) is 6.52. The molecule has 1 atom stereocenters. The lowest BCUT2D eigenvalue weighted by molar-refractivity contribution is -0.0498. The molecular formula is C23H24F3N3O5S. The van der Waals surface area contributed by atoms with Crippen LogP contribution >= 0.6 is 0 Å². The summed E-state index contributed by atoms with van der Waals surface area (Å²) in [5.41, 5.74) is -1.84. The first-order valence-electron chi connectivity index (χ1n) is 10.9. The number of sulfone groups is 1. The average Bonchev–Trinajstić information content (AvgIpc) is 3.20. The normalized spacial score (nSPS) is 19.5. The molecule has 1 aromatic heterocycles. The van der Waals surface area contributed by atoms with E-state index in [1.165, 1.54) is 41.0 Å². The van der Waals surface area contributed by atoms with Gasteiger partial charge < -0.3 is 10.1 Å². The maximum absolute atomic E-state index is 15.8. The highest BCUT2D eigenvalue weighted by Gasteiger charge is 2.40. The van der Waals surface area contributed by atoms with Crippen molar-refractivity contribution in [2.75, 3.05) is 11.5 Å². The van der Waals surface area contributed by atoms with Gasteiger partial charge in [-0.3, -0.25) is 13.9 Å². The van der Waals surface area contributed by atoms with Gasteiger partial charge in [0, 0.05) is 12.1 Å². The first-order valence-corrected chi connectivity index (χ1v) is 12.7. The van der Waals surface area contributed by atoms with Crippen LogP contribution in [0.1, 0.15) is 43.6 Å². The van der Waals surface area contributed by atoms with Crippen LogP contribution in [0.25, 0.3) is 16.7 Å². The van der Waals surface area contributed by atoms with Crippen LogP contribution in [0.5, 0.6) is 5.75 Å². The van der Waals surface area contributed by atoms with Crippen LogP contribution in [-0.4, -0.2) is 47.1 Å². The molecule has 1 aliphatic rings. The van der Waals surface area contributed by atoms with Crippen LogP contribution in [0.2, 0.25) is 0 Å². The molecule has 0 spiro atoms. The van der Waals surface area contributed by atoms with Crippen molar-refractivity contribution in [2.24, 2.45) is 0 Å². The summed E-state index contributed by atoms with van der Waals surface area (Å²) in [4.78, 5) is 26.2. The predicted octanol–water partition coefficient (Wildman–Crippen LogP) is 3.42. The number of ether oxygens (including phenoxy) is 1. The Kier molecular flexibility index (Phi) is 6.20. The molecule has 12 heteroatoms. The second kappa shape index (κ2) is 8.74. The Morgan fingerprint density at radius 1 is 1.20 bits per heavy atom. The molecule has 0 bridgehead atoms. The molecule has 1 saturated heterocycles. The van der Waals surface area contributed by atoms with Crippen LogP contribution in [0, 0.1) is 5.82 Å². The van der Waals surface area contributed by atoms with Gasteiger partial charge in [0.2, 0.25) is 0 Å². The standard InChI is InChI=1S/C23H24F3N3O5S/c1-13(2)28-19-17(29(22(28)31)14-5-4-6-15(11-14)34-21(25)26)8-7-16(18(19)24)20(30)27-23(3)9-10-35(32,33)12-23/h4-8,11,13,21H,9-10,12H2,1-3H3,(H,27,30)/t23-/m1/s1. The molecule has 1 fully saturated rings. The molecule has 0 aliphatic carbocycles. The Balaban J connectivity index is 1.84. The number of alkyl halides is 2. The lowest BCUT2D eigenvalue weighted by Gasteiger charge is -2.24. The van der Waals surface area contributed by atoms with E-state index in [2.05, 4.69) is 10.1 Å². The molecule has 0 unspecified atom stereocenters. The minimum atomic E-state index is -3.30.